The molecular weight excluding hydrogens is 304 g/mol. The van der Waals surface area contributed by atoms with Crippen molar-refractivity contribution in [3.05, 3.63) is 69.8 Å². The Hall–Kier alpha value is -3.42. The molecule has 0 atom stereocenters. The molecule has 0 aliphatic rings. The molecule has 2 aromatic rings. The fourth-order valence-corrected chi connectivity index (χ4v) is 1.71. The molecule has 2 rings (SSSR count). The lowest BCUT2D eigenvalue weighted by atomic mass is 10.2. The van der Waals surface area contributed by atoms with Crippen molar-refractivity contribution < 1.29 is 24.4 Å². The number of aromatic carboxylic acids is 1. The van der Waals surface area contributed by atoms with Crippen LogP contribution >= 0.6 is 0 Å². The predicted molar refractivity (Wildman–Crippen MR) is 80.3 cm³/mol. The topological polar surface area (TPSA) is 119 Å². The van der Waals surface area contributed by atoms with Crippen LogP contribution in [0.5, 0.6) is 0 Å². The second kappa shape index (κ2) is 7.03. The highest BCUT2D eigenvalue weighted by molar-refractivity contribution is 5.89. The second-order valence-corrected chi connectivity index (χ2v) is 4.51. The molecule has 8 nitrogen and oxygen atoms in total. The van der Waals surface area contributed by atoms with E-state index in [4.69, 9.17) is 9.84 Å². The van der Waals surface area contributed by atoms with E-state index in [9.17, 15) is 19.7 Å². The van der Waals surface area contributed by atoms with Gasteiger partial charge in [0, 0.05) is 17.8 Å². The highest BCUT2D eigenvalue weighted by Crippen LogP contribution is 2.13. The van der Waals surface area contributed by atoms with Gasteiger partial charge in [-0.1, -0.05) is 0 Å². The van der Waals surface area contributed by atoms with E-state index in [1.165, 1.54) is 48.5 Å². The summed E-state index contributed by atoms with van der Waals surface area (Å²) in [5.41, 5.74) is 1.06. The SMILES string of the molecule is O=C(Nc1ccc(C(=O)O)cc1)OCc1ccc([N+](=O)[O-])cc1. The number of carboxylic acid groups (broad SMARTS) is 1. The van der Waals surface area contributed by atoms with Gasteiger partial charge < -0.3 is 9.84 Å². The Morgan fingerprint density at radius 2 is 1.70 bits per heavy atom. The summed E-state index contributed by atoms with van der Waals surface area (Å²) in [6.07, 6.45) is -0.716. The van der Waals surface area contributed by atoms with Crippen LogP contribution in [0.3, 0.4) is 0 Å². The number of amides is 1. The Labute approximate surface area is 130 Å². The highest BCUT2D eigenvalue weighted by Gasteiger charge is 2.07. The van der Waals surface area contributed by atoms with E-state index in [1.54, 1.807) is 0 Å². The zero-order valence-corrected chi connectivity index (χ0v) is 11.8. The van der Waals surface area contributed by atoms with Gasteiger partial charge in [-0.2, -0.15) is 0 Å². The molecule has 118 valence electrons. The van der Waals surface area contributed by atoms with Gasteiger partial charge in [-0.15, -0.1) is 0 Å². The van der Waals surface area contributed by atoms with Gasteiger partial charge in [-0.05, 0) is 42.0 Å². The number of rotatable bonds is 5. The smallest absolute Gasteiger partial charge is 0.411 e. The molecule has 0 bridgehead atoms. The zero-order valence-electron chi connectivity index (χ0n) is 11.8. The minimum atomic E-state index is -1.06. The fraction of sp³-hybridized carbons (Fsp3) is 0.0667. The van der Waals surface area contributed by atoms with Crippen LogP contribution in [0.1, 0.15) is 15.9 Å². The van der Waals surface area contributed by atoms with Crippen LogP contribution in [0.2, 0.25) is 0 Å². The van der Waals surface area contributed by atoms with E-state index in [1.807, 2.05) is 0 Å². The summed E-state index contributed by atoms with van der Waals surface area (Å²) in [7, 11) is 0. The van der Waals surface area contributed by atoms with Gasteiger partial charge >= 0.3 is 12.1 Å². The molecule has 0 radical (unpaired) electrons. The van der Waals surface area contributed by atoms with Crippen LogP contribution in [0.15, 0.2) is 48.5 Å². The van der Waals surface area contributed by atoms with Gasteiger partial charge in [0.25, 0.3) is 5.69 Å². The standard InChI is InChI=1S/C15H12N2O6/c18-14(19)11-3-5-12(6-4-11)16-15(20)23-9-10-1-7-13(8-2-10)17(21)22/h1-8H,9H2,(H,16,20)(H,18,19). The number of benzene rings is 2. The van der Waals surface area contributed by atoms with Gasteiger partial charge in [-0.3, -0.25) is 15.4 Å². The lowest BCUT2D eigenvalue weighted by Gasteiger charge is -2.07. The minimum absolute atomic E-state index is 0.0446. The number of nitro groups is 1. The quantitative estimate of drug-likeness (QED) is 0.646. The number of anilines is 1. The Morgan fingerprint density at radius 1 is 1.09 bits per heavy atom. The number of non-ortho nitro benzene ring substituents is 1. The number of carbonyl (C=O) groups excluding carboxylic acids is 1. The van der Waals surface area contributed by atoms with E-state index in [0.717, 1.165) is 0 Å². The maximum Gasteiger partial charge on any atom is 0.411 e. The molecule has 0 saturated carbocycles. The average molecular weight is 316 g/mol. The molecule has 0 unspecified atom stereocenters. The second-order valence-electron chi connectivity index (χ2n) is 4.51. The third-order valence-electron chi connectivity index (χ3n) is 2.90. The Morgan fingerprint density at radius 3 is 2.22 bits per heavy atom. The Bertz CT molecular complexity index is 725. The molecule has 8 heteroatoms. The van der Waals surface area contributed by atoms with E-state index in [-0.39, 0.29) is 17.9 Å². The van der Waals surface area contributed by atoms with E-state index < -0.39 is 17.0 Å². The van der Waals surface area contributed by atoms with Crippen LogP contribution in [0, 0.1) is 10.1 Å². The first-order chi connectivity index (χ1) is 11.0. The van der Waals surface area contributed by atoms with Crippen molar-refractivity contribution in [2.24, 2.45) is 0 Å². The number of carboxylic acids is 1. The molecule has 0 aromatic heterocycles. The normalized spacial score (nSPS) is 9.91. The number of nitro benzene ring substituents is 1. The molecule has 2 aromatic carbocycles. The third-order valence-corrected chi connectivity index (χ3v) is 2.90. The molecule has 0 saturated heterocycles. The van der Waals surface area contributed by atoms with E-state index in [2.05, 4.69) is 5.32 Å². The highest BCUT2D eigenvalue weighted by atomic mass is 16.6. The Balaban J connectivity index is 1.87. The first-order valence-corrected chi connectivity index (χ1v) is 6.46. The number of ether oxygens (including phenoxy) is 1. The molecular formula is C15H12N2O6. The first kappa shape index (κ1) is 16.0. The molecule has 2 N–H and O–H groups in total. The summed E-state index contributed by atoms with van der Waals surface area (Å²) < 4.78 is 4.97. The third kappa shape index (κ3) is 4.53. The van der Waals surface area contributed by atoms with Gasteiger partial charge in [0.05, 0.1) is 10.5 Å². The maximum absolute atomic E-state index is 11.6. The number of nitrogens with zero attached hydrogens (tertiary/aromatic N) is 1. The van der Waals surface area contributed by atoms with Crippen molar-refractivity contribution in [3.63, 3.8) is 0 Å². The first-order valence-electron chi connectivity index (χ1n) is 6.46. The molecule has 0 heterocycles. The van der Waals surface area contributed by atoms with Gasteiger partial charge in [0.1, 0.15) is 6.61 Å². The van der Waals surface area contributed by atoms with Crippen LogP contribution < -0.4 is 5.32 Å². The van der Waals surface area contributed by atoms with Crippen molar-refractivity contribution in [1.82, 2.24) is 0 Å². The van der Waals surface area contributed by atoms with Gasteiger partial charge in [-0.25, -0.2) is 9.59 Å². The molecule has 0 fully saturated rings. The summed E-state index contributed by atoms with van der Waals surface area (Å²) in [5.74, 6) is -1.06. The Kier molecular flexibility index (Phi) is 4.88. The van der Waals surface area contributed by atoms with Crippen molar-refractivity contribution in [1.29, 1.82) is 0 Å². The van der Waals surface area contributed by atoms with E-state index >= 15 is 0 Å². The average Bonchev–Trinajstić information content (AvgIpc) is 2.54. The van der Waals surface area contributed by atoms with Crippen LogP contribution in [-0.4, -0.2) is 22.1 Å². The van der Waals surface area contributed by atoms with Crippen LogP contribution in [0.4, 0.5) is 16.2 Å². The summed E-state index contributed by atoms with van der Waals surface area (Å²) in [6.45, 7) is -0.0446. The molecule has 0 aliphatic heterocycles. The minimum Gasteiger partial charge on any atom is -0.478 e. The summed E-state index contributed by atoms with van der Waals surface area (Å²) in [5, 5.41) is 21.7. The summed E-state index contributed by atoms with van der Waals surface area (Å²) in [4.78, 5) is 32.3. The number of hydrogen-bond donors (Lipinski definition) is 2. The summed E-state index contributed by atoms with van der Waals surface area (Å²) >= 11 is 0. The number of carbonyl (C=O) groups is 2. The lowest BCUT2D eigenvalue weighted by molar-refractivity contribution is -0.384. The molecule has 0 aliphatic carbocycles. The fourth-order valence-electron chi connectivity index (χ4n) is 1.71. The lowest BCUT2D eigenvalue weighted by Crippen LogP contribution is -2.13. The number of hydrogen-bond acceptors (Lipinski definition) is 5. The number of nitrogens with one attached hydrogen (secondary N) is 1. The monoisotopic (exact) mass is 316 g/mol. The van der Waals surface area contributed by atoms with Crippen molar-refractivity contribution in [3.8, 4) is 0 Å². The maximum atomic E-state index is 11.6. The van der Waals surface area contributed by atoms with Crippen LogP contribution in [-0.2, 0) is 11.3 Å². The van der Waals surface area contributed by atoms with Gasteiger partial charge in [0.2, 0.25) is 0 Å². The predicted octanol–water partition coefficient (Wildman–Crippen LogP) is 3.04. The van der Waals surface area contributed by atoms with Crippen molar-refractivity contribution in [2.75, 3.05) is 5.32 Å². The van der Waals surface area contributed by atoms with Crippen molar-refractivity contribution in [2.45, 2.75) is 6.61 Å². The molecule has 0 spiro atoms. The van der Waals surface area contributed by atoms with E-state index in [0.29, 0.717) is 11.3 Å². The molecule has 1 amide bonds. The zero-order chi connectivity index (χ0) is 16.8. The van der Waals surface area contributed by atoms with Crippen LogP contribution in [0.25, 0.3) is 0 Å². The molecule has 23 heavy (non-hydrogen) atoms. The largest absolute Gasteiger partial charge is 0.478 e. The van der Waals surface area contributed by atoms with Gasteiger partial charge in [0.15, 0.2) is 0 Å². The van der Waals surface area contributed by atoms with Crippen molar-refractivity contribution >= 4 is 23.4 Å². The summed E-state index contributed by atoms with van der Waals surface area (Å²) in [6, 6.07) is 11.2.